The first-order valence-corrected chi connectivity index (χ1v) is 8.99. The zero-order chi connectivity index (χ0) is 17.8. The van der Waals surface area contributed by atoms with Crippen LogP contribution in [-0.2, 0) is 4.79 Å². The van der Waals surface area contributed by atoms with Crippen LogP contribution in [0.1, 0.15) is 12.5 Å². The Morgan fingerprint density at radius 2 is 2.04 bits per heavy atom. The summed E-state index contributed by atoms with van der Waals surface area (Å²) < 4.78 is 1.81. The van der Waals surface area contributed by atoms with Crippen LogP contribution in [0, 0.1) is 6.92 Å². The minimum Gasteiger partial charge on any atom is -0.325 e. The van der Waals surface area contributed by atoms with Gasteiger partial charge in [-0.2, -0.15) is 0 Å². The molecule has 2 aromatic carbocycles. The van der Waals surface area contributed by atoms with E-state index in [2.05, 4.69) is 15.5 Å². The number of hydrogen-bond acceptors (Lipinski definition) is 4. The molecule has 25 heavy (non-hydrogen) atoms. The lowest BCUT2D eigenvalue weighted by Gasteiger charge is -2.13. The van der Waals surface area contributed by atoms with Crippen molar-refractivity contribution in [1.82, 2.24) is 14.8 Å². The number of anilines is 1. The summed E-state index contributed by atoms with van der Waals surface area (Å²) in [6, 6.07) is 15.1. The molecule has 128 valence electrons. The van der Waals surface area contributed by atoms with E-state index >= 15 is 0 Å². The summed E-state index contributed by atoms with van der Waals surface area (Å²) >= 11 is 7.40. The van der Waals surface area contributed by atoms with Gasteiger partial charge in [0.2, 0.25) is 5.91 Å². The largest absolute Gasteiger partial charge is 0.325 e. The van der Waals surface area contributed by atoms with Gasteiger partial charge in [-0.15, -0.1) is 10.2 Å². The maximum absolute atomic E-state index is 12.5. The van der Waals surface area contributed by atoms with Gasteiger partial charge in [0.05, 0.1) is 10.9 Å². The molecule has 3 rings (SSSR count). The number of hydrogen-bond donors (Lipinski definition) is 1. The Morgan fingerprint density at radius 3 is 2.80 bits per heavy atom. The molecule has 1 unspecified atom stereocenters. The quantitative estimate of drug-likeness (QED) is 0.676. The van der Waals surface area contributed by atoms with E-state index in [0.29, 0.717) is 10.2 Å². The fourth-order valence-corrected chi connectivity index (χ4v) is 3.29. The number of benzene rings is 2. The zero-order valence-corrected chi connectivity index (χ0v) is 15.4. The van der Waals surface area contributed by atoms with Gasteiger partial charge in [-0.05, 0) is 43.7 Å². The van der Waals surface area contributed by atoms with Crippen LogP contribution in [0.2, 0.25) is 5.02 Å². The van der Waals surface area contributed by atoms with E-state index in [-0.39, 0.29) is 11.2 Å². The third kappa shape index (κ3) is 4.21. The normalized spacial score (nSPS) is 12.0. The number of halogens is 1. The first kappa shape index (κ1) is 17.5. The van der Waals surface area contributed by atoms with Gasteiger partial charge in [0.15, 0.2) is 5.16 Å². The molecular formula is C18H17ClN4OS. The summed E-state index contributed by atoms with van der Waals surface area (Å²) in [5.41, 5.74) is 2.69. The summed E-state index contributed by atoms with van der Waals surface area (Å²) in [6.07, 6.45) is 1.61. The van der Waals surface area contributed by atoms with E-state index in [4.69, 9.17) is 11.6 Å². The third-order valence-corrected chi connectivity index (χ3v) is 4.95. The minimum atomic E-state index is -0.332. The van der Waals surface area contributed by atoms with E-state index in [1.807, 2.05) is 60.9 Å². The molecule has 1 atom stereocenters. The molecule has 0 aliphatic heterocycles. The molecule has 1 amide bonds. The Labute approximate surface area is 155 Å². The maximum atomic E-state index is 12.5. The van der Waals surface area contributed by atoms with Crippen molar-refractivity contribution in [3.63, 3.8) is 0 Å². The first-order chi connectivity index (χ1) is 12.0. The van der Waals surface area contributed by atoms with Crippen molar-refractivity contribution in [2.24, 2.45) is 0 Å². The lowest BCUT2D eigenvalue weighted by molar-refractivity contribution is -0.115. The van der Waals surface area contributed by atoms with Crippen molar-refractivity contribution in [3.8, 4) is 5.69 Å². The summed E-state index contributed by atoms with van der Waals surface area (Å²) in [6.45, 7) is 3.80. The second-order valence-electron chi connectivity index (χ2n) is 5.53. The molecule has 5 nitrogen and oxygen atoms in total. The fraction of sp³-hybridized carbons (Fsp3) is 0.167. The SMILES string of the molecule is Cc1ccccc1NC(=O)C(C)Sc1nncn1-c1cccc(Cl)c1. The zero-order valence-electron chi connectivity index (χ0n) is 13.8. The molecule has 0 radical (unpaired) electrons. The van der Waals surface area contributed by atoms with E-state index < -0.39 is 0 Å². The van der Waals surface area contributed by atoms with Crippen LogP contribution in [0.5, 0.6) is 0 Å². The molecule has 0 fully saturated rings. The van der Waals surface area contributed by atoms with Crippen molar-refractivity contribution in [2.75, 3.05) is 5.32 Å². The van der Waals surface area contributed by atoms with Gasteiger partial charge in [0.25, 0.3) is 0 Å². The smallest absolute Gasteiger partial charge is 0.237 e. The number of thioether (sulfide) groups is 1. The number of nitrogens with zero attached hydrogens (tertiary/aromatic N) is 3. The Morgan fingerprint density at radius 1 is 1.24 bits per heavy atom. The number of carbonyl (C=O) groups excluding carboxylic acids is 1. The number of carbonyl (C=O) groups is 1. The molecule has 7 heteroatoms. The predicted molar refractivity (Wildman–Crippen MR) is 101 cm³/mol. The highest BCUT2D eigenvalue weighted by atomic mass is 35.5. The number of para-hydroxylation sites is 1. The van der Waals surface area contributed by atoms with Gasteiger partial charge < -0.3 is 5.32 Å². The van der Waals surface area contributed by atoms with E-state index in [1.54, 1.807) is 12.4 Å². The second kappa shape index (κ2) is 7.72. The van der Waals surface area contributed by atoms with Gasteiger partial charge in [-0.25, -0.2) is 0 Å². The van der Waals surface area contributed by atoms with Gasteiger partial charge in [0.1, 0.15) is 6.33 Å². The Balaban J connectivity index is 1.74. The fourth-order valence-electron chi connectivity index (χ4n) is 2.27. The Kier molecular flexibility index (Phi) is 5.40. The third-order valence-electron chi connectivity index (χ3n) is 3.66. The van der Waals surface area contributed by atoms with Crippen molar-refractivity contribution in [2.45, 2.75) is 24.3 Å². The number of nitrogens with one attached hydrogen (secondary N) is 1. The number of rotatable bonds is 5. The van der Waals surface area contributed by atoms with Crippen LogP contribution < -0.4 is 5.32 Å². The van der Waals surface area contributed by atoms with Gasteiger partial charge >= 0.3 is 0 Å². The molecular weight excluding hydrogens is 356 g/mol. The molecule has 0 saturated carbocycles. The number of aromatic nitrogens is 3. The predicted octanol–water partition coefficient (Wildman–Crippen LogP) is 4.35. The van der Waals surface area contributed by atoms with Crippen molar-refractivity contribution >= 4 is 35.0 Å². The molecule has 0 aliphatic carbocycles. The van der Waals surface area contributed by atoms with Crippen LogP contribution in [0.15, 0.2) is 60.0 Å². The van der Waals surface area contributed by atoms with E-state index in [9.17, 15) is 4.79 Å². The van der Waals surface area contributed by atoms with Crippen LogP contribution >= 0.6 is 23.4 Å². The lowest BCUT2D eigenvalue weighted by atomic mass is 10.2. The van der Waals surface area contributed by atoms with Crippen molar-refractivity contribution in [1.29, 1.82) is 0 Å². The number of amides is 1. The molecule has 1 N–H and O–H groups in total. The summed E-state index contributed by atoms with van der Waals surface area (Å²) in [5, 5.41) is 12.0. The van der Waals surface area contributed by atoms with Crippen LogP contribution in [0.3, 0.4) is 0 Å². The summed E-state index contributed by atoms with van der Waals surface area (Å²) in [4.78, 5) is 12.5. The highest BCUT2D eigenvalue weighted by Gasteiger charge is 2.19. The molecule has 0 aliphatic rings. The Hall–Kier alpha value is -2.31. The lowest BCUT2D eigenvalue weighted by Crippen LogP contribution is -2.23. The highest BCUT2D eigenvalue weighted by molar-refractivity contribution is 8.00. The molecule has 0 spiro atoms. The van der Waals surface area contributed by atoms with E-state index in [0.717, 1.165) is 16.9 Å². The molecule has 3 aromatic rings. The van der Waals surface area contributed by atoms with Crippen LogP contribution in [0.4, 0.5) is 5.69 Å². The van der Waals surface area contributed by atoms with Crippen molar-refractivity contribution in [3.05, 3.63) is 65.4 Å². The topological polar surface area (TPSA) is 59.8 Å². The standard InChI is InChI=1S/C18H17ClN4OS/c1-12-6-3-4-9-16(12)21-17(24)13(2)25-18-22-20-11-23(18)15-8-5-7-14(19)10-15/h3-11,13H,1-2H3,(H,21,24). The van der Waals surface area contributed by atoms with E-state index in [1.165, 1.54) is 11.8 Å². The molecule has 0 saturated heterocycles. The van der Waals surface area contributed by atoms with Crippen LogP contribution in [0.25, 0.3) is 5.69 Å². The van der Waals surface area contributed by atoms with Crippen LogP contribution in [-0.4, -0.2) is 25.9 Å². The monoisotopic (exact) mass is 372 g/mol. The van der Waals surface area contributed by atoms with Gasteiger partial charge in [-0.3, -0.25) is 9.36 Å². The Bertz CT molecular complexity index is 896. The second-order valence-corrected chi connectivity index (χ2v) is 7.27. The first-order valence-electron chi connectivity index (χ1n) is 7.73. The van der Waals surface area contributed by atoms with Gasteiger partial charge in [0, 0.05) is 10.7 Å². The highest BCUT2D eigenvalue weighted by Crippen LogP contribution is 2.26. The number of aryl methyl sites for hydroxylation is 1. The molecule has 1 heterocycles. The minimum absolute atomic E-state index is 0.0834. The average molecular weight is 373 g/mol. The van der Waals surface area contributed by atoms with Gasteiger partial charge in [-0.1, -0.05) is 47.6 Å². The van der Waals surface area contributed by atoms with Crippen molar-refractivity contribution < 1.29 is 4.79 Å². The summed E-state index contributed by atoms with van der Waals surface area (Å²) in [5.74, 6) is -0.0834. The summed E-state index contributed by atoms with van der Waals surface area (Å²) in [7, 11) is 0. The molecule has 0 bridgehead atoms. The maximum Gasteiger partial charge on any atom is 0.237 e. The molecule has 1 aromatic heterocycles. The average Bonchev–Trinajstić information content (AvgIpc) is 3.05.